The van der Waals surface area contributed by atoms with Gasteiger partial charge in [0.15, 0.2) is 5.88 Å². The Morgan fingerprint density at radius 2 is 2.00 bits per heavy atom. The van der Waals surface area contributed by atoms with E-state index in [1.807, 2.05) is 0 Å². The number of hydrogen-bond donors (Lipinski definition) is 3. The standard InChI is InChI=1S/C3H5NO3/c4-2(5)1-3(6)7/h1,5H,4H2,(H,6,7)/b2-1+. The van der Waals surface area contributed by atoms with Crippen LogP contribution in [0.4, 0.5) is 0 Å². The third kappa shape index (κ3) is 4.81. The highest BCUT2D eigenvalue weighted by Crippen LogP contribution is 1.71. The highest BCUT2D eigenvalue weighted by atomic mass is 16.4. The summed E-state index contributed by atoms with van der Waals surface area (Å²) in [6.07, 6.45) is 0.500. The molecule has 0 aromatic carbocycles. The summed E-state index contributed by atoms with van der Waals surface area (Å²) in [5.74, 6) is -1.94. The summed E-state index contributed by atoms with van der Waals surface area (Å²) < 4.78 is 0. The van der Waals surface area contributed by atoms with E-state index in [0.29, 0.717) is 6.08 Å². The lowest BCUT2D eigenvalue weighted by Gasteiger charge is -1.80. The maximum atomic E-state index is 9.49. The van der Waals surface area contributed by atoms with E-state index in [0.717, 1.165) is 0 Å². The fourth-order valence-corrected chi connectivity index (χ4v) is 0.127. The van der Waals surface area contributed by atoms with Crippen molar-refractivity contribution >= 4 is 5.97 Å². The third-order valence-electron chi connectivity index (χ3n) is 0.271. The Bertz CT molecular complexity index is 103. The van der Waals surface area contributed by atoms with Crippen LogP contribution in [0.1, 0.15) is 0 Å². The smallest absolute Gasteiger partial charge is 0.333 e. The van der Waals surface area contributed by atoms with Gasteiger partial charge in [0.05, 0.1) is 6.08 Å². The van der Waals surface area contributed by atoms with E-state index in [1.165, 1.54) is 0 Å². The number of aliphatic hydroxyl groups excluding tert-OH is 1. The summed E-state index contributed by atoms with van der Waals surface area (Å²) >= 11 is 0. The second kappa shape index (κ2) is 2.07. The minimum absolute atomic E-state index is 0.500. The minimum atomic E-state index is -1.25. The molecule has 40 valence electrons. The molecule has 0 fully saturated rings. The number of aliphatic carboxylic acids is 1. The number of carboxylic acids is 1. The summed E-state index contributed by atoms with van der Waals surface area (Å²) in [6, 6.07) is 0. The van der Waals surface area contributed by atoms with Crippen molar-refractivity contribution in [2.24, 2.45) is 5.73 Å². The molecule has 4 nitrogen and oxygen atoms in total. The Labute approximate surface area is 39.9 Å². The van der Waals surface area contributed by atoms with E-state index in [4.69, 9.17) is 10.2 Å². The molecule has 0 saturated heterocycles. The zero-order valence-electron chi connectivity index (χ0n) is 3.46. The highest BCUT2D eigenvalue weighted by Gasteiger charge is 1.87. The van der Waals surface area contributed by atoms with Gasteiger partial charge in [-0.1, -0.05) is 0 Å². The summed E-state index contributed by atoms with van der Waals surface area (Å²) in [5.41, 5.74) is 4.53. The molecule has 0 aliphatic heterocycles. The molecule has 0 amide bonds. The first-order valence-corrected chi connectivity index (χ1v) is 1.52. The van der Waals surface area contributed by atoms with Crippen LogP contribution in [0.3, 0.4) is 0 Å². The molecule has 4 heteroatoms. The summed E-state index contributed by atoms with van der Waals surface area (Å²) in [4.78, 5) is 9.49. The normalized spacial score (nSPS) is 11.1. The summed E-state index contributed by atoms with van der Waals surface area (Å²) in [5, 5.41) is 15.7. The molecule has 0 bridgehead atoms. The second-order valence-electron chi connectivity index (χ2n) is 0.907. The highest BCUT2D eigenvalue weighted by molar-refractivity contribution is 5.79. The van der Waals surface area contributed by atoms with Gasteiger partial charge in [-0.2, -0.15) is 0 Å². The van der Waals surface area contributed by atoms with Crippen LogP contribution >= 0.6 is 0 Å². The fourth-order valence-electron chi connectivity index (χ4n) is 0.127. The Morgan fingerprint density at radius 3 is 2.00 bits per heavy atom. The van der Waals surface area contributed by atoms with Gasteiger partial charge in [0, 0.05) is 0 Å². The van der Waals surface area contributed by atoms with Crippen molar-refractivity contribution in [3.05, 3.63) is 12.0 Å². The number of carbonyl (C=O) groups is 1. The van der Waals surface area contributed by atoms with Gasteiger partial charge < -0.3 is 15.9 Å². The Hall–Kier alpha value is -1.19. The molecule has 0 saturated carbocycles. The molecule has 4 N–H and O–H groups in total. The number of aliphatic hydroxyl groups is 1. The van der Waals surface area contributed by atoms with Crippen molar-refractivity contribution in [1.29, 1.82) is 0 Å². The SMILES string of the molecule is N/C(O)=C\C(=O)O. The molecule has 0 aromatic heterocycles. The van der Waals surface area contributed by atoms with Gasteiger partial charge in [-0.15, -0.1) is 0 Å². The van der Waals surface area contributed by atoms with E-state index >= 15 is 0 Å². The van der Waals surface area contributed by atoms with E-state index < -0.39 is 11.9 Å². The van der Waals surface area contributed by atoms with Gasteiger partial charge in [-0.25, -0.2) is 4.79 Å². The van der Waals surface area contributed by atoms with Crippen molar-refractivity contribution in [3.8, 4) is 0 Å². The average molecular weight is 103 g/mol. The maximum Gasteiger partial charge on any atom is 0.333 e. The zero-order chi connectivity index (χ0) is 5.86. The molecule has 0 heterocycles. The lowest BCUT2D eigenvalue weighted by Crippen LogP contribution is -1.99. The first-order valence-electron chi connectivity index (χ1n) is 1.52. The van der Waals surface area contributed by atoms with Crippen molar-refractivity contribution in [1.82, 2.24) is 0 Å². The first-order chi connectivity index (χ1) is 3.13. The quantitative estimate of drug-likeness (QED) is 0.306. The Morgan fingerprint density at radius 1 is 1.57 bits per heavy atom. The van der Waals surface area contributed by atoms with Crippen LogP contribution in [0.25, 0.3) is 0 Å². The first kappa shape index (κ1) is 5.81. The van der Waals surface area contributed by atoms with Gasteiger partial charge >= 0.3 is 5.97 Å². The van der Waals surface area contributed by atoms with Crippen LogP contribution in [0, 0.1) is 0 Å². The van der Waals surface area contributed by atoms with Gasteiger partial charge in [-0.05, 0) is 0 Å². The molecular weight excluding hydrogens is 98.0 g/mol. The number of hydrogen-bond acceptors (Lipinski definition) is 3. The van der Waals surface area contributed by atoms with Gasteiger partial charge in [0.2, 0.25) is 0 Å². The number of nitrogens with two attached hydrogens (primary N) is 1. The number of carboxylic acid groups (broad SMARTS) is 1. The van der Waals surface area contributed by atoms with E-state index in [9.17, 15) is 4.79 Å². The molecule has 0 rings (SSSR count). The Kier molecular flexibility index (Phi) is 1.72. The fraction of sp³-hybridized carbons (Fsp3) is 0. The predicted molar refractivity (Wildman–Crippen MR) is 22.5 cm³/mol. The minimum Gasteiger partial charge on any atom is -0.495 e. The lowest BCUT2D eigenvalue weighted by molar-refractivity contribution is -0.131. The Balaban J connectivity index is 3.68. The lowest BCUT2D eigenvalue weighted by atomic mass is 10.6. The molecular formula is C3H5NO3. The topological polar surface area (TPSA) is 83.5 Å². The van der Waals surface area contributed by atoms with Crippen LogP contribution < -0.4 is 5.73 Å². The van der Waals surface area contributed by atoms with E-state index in [1.54, 1.807) is 0 Å². The van der Waals surface area contributed by atoms with E-state index in [2.05, 4.69) is 5.73 Å². The second-order valence-corrected chi connectivity index (χ2v) is 0.907. The molecule has 0 aromatic rings. The molecule has 0 unspecified atom stereocenters. The third-order valence-corrected chi connectivity index (χ3v) is 0.271. The number of rotatable bonds is 1. The molecule has 0 atom stereocenters. The molecule has 0 radical (unpaired) electrons. The van der Waals surface area contributed by atoms with Gasteiger partial charge in [0.25, 0.3) is 0 Å². The van der Waals surface area contributed by atoms with Crippen LogP contribution in [-0.4, -0.2) is 16.2 Å². The largest absolute Gasteiger partial charge is 0.495 e. The van der Waals surface area contributed by atoms with Crippen LogP contribution in [0.5, 0.6) is 0 Å². The van der Waals surface area contributed by atoms with Crippen LogP contribution in [-0.2, 0) is 4.79 Å². The van der Waals surface area contributed by atoms with Crippen LogP contribution in [0.15, 0.2) is 12.0 Å². The monoisotopic (exact) mass is 103 g/mol. The van der Waals surface area contributed by atoms with Crippen molar-refractivity contribution in [3.63, 3.8) is 0 Å². The van der Waals surface area contributed by atoms with E-state index in [-0.39, 0.29) is 0 Å². The molecule has 0 aliphatic carbocycles. The molecule has 0 spiro atoms. The van der Waals surface area contributed by atoms with Crippen LogP contribution in [0.2, 0.25) is 0 Å². The average Bonchev–Trinajstić information content (AvgIpc) is 1.27. The maximum absolute atomic E-state index is 9.49. The zero-order valence-corrected chi connectivity index (χ0v) is 3.46. The van der Waals surface area contributed by atoms with Crippen molar-refractivity contribution in [2.75, 3.05) is 0 Å². The summed E-state index contributed by atoms with van der Waals surface area (Å²) in [7, 11) is 0. The van der Waals surface area contributed by atoms with Crippen molar-refractivity contribution < 1.29 is 15.0 Å². The summed E-state index contributed by atoms with van der Waals surface area (Å²) in [6.45, 7) is 0. The molecule has 7 heavy (non-hydrogen) atoms. The van der Waals surface area contributed by atoms with Gasteiger partial charge in [-0.3, -0.25) is 0 Å². The predicted octanol–water partition coefficient (Wildman–Crippen LogP) is -0.571. The van der Waals surface area contributed by atoms with Crippen molar-refractivity contribution in [2.45, 2.75) is 0 Å². The molecule has 0 aliphatic rings. The van der Waals surface area contributed by atoms with Gasteiger partial charge in [0.1, 0.15) is 0 Å².